The fourth-order valence-electron chi connectivity index (χ4n) is 3.36. The number of hydrogen-bond acceptors (Lipinski definition) is 4. The molecule has 1 aliphatic heterocycles. The number of phenolic OH excluding ortho intramolecular Hbond substituents is 1. The van der Waals surface area contributed by atoms with E-state index >= 15 is 0 Å². The first-order valence-electron chi connectivity index (χ1n) is 7.55. The molecule has 3 rings (SSSR count). The number of rotatable bonds is 5. The lowest BCUT2D eigenvalue weighted by Crippen LogP contribution is -2.31. The van der Waals surface area contributed by atoms with E-state index in [1.165, 1.54) is 32.1 Å². The second-order valence-electron chi connectivity index (χ2n) is 6.00. The Morgan fingerprint density at radius 1 is 1.20 bits per heavy atom. The van der Waals surface area contributed by atoms with Gasteiger partial charge in [0.15, 0.2) is 11.5 Å². The molecule has 0 bridgehead atoms. The van der Waals surface area contributed by atoms with Gasteiger partial charge in [0, 0.05) is 24.7 Å². The molecule has 110 valence electrons. The molecule has 0 unspecified atom stereocenters. The van der Waals surface area contributed by atoms with Crippen LogP contribution >= 0.6 is 0 Å². The maximum atomic E-state index is 10.0. The zero-order valence-electron chi connectivity index (χ0n) is 12.1. The van der Waals surface area contributed by atoms with Gasteiger partial charge >= 0.3 is 0 Å². The molecule has 0 saturated heterocycles. The van der Waals surface area contributed by atoms with Crippen LogP contribution in [0.1, 0.15) is 44.6 Å². The third-order valence-electron chi connectivity index (χ3n) is 4.80. The molecular weight excluding hydrogens is 254 g/mol. The van der Waals surface area contributed by atoms with Gasteiger partial charge in [-0.2, -0.15) is 0 Å². The molecule has 0 radical (unpaired) electrons. The molecule has 1 fully saturated rings. The van der Waals surface area contributed by atoms with Crippen molar-refractivity contribution in [2.75, 3.05) is 13.3 Å². The number of ether oxygens (including phenoxy) is 2. The Morgan fingerprint density at radius 3 is 2.60 bits per heavy atom. The third-order valence-corrected chi connectivity index (χ3v) is 4.80. The Kier molecular flexibility index (Phi) is 3.74. The molecule has 1 saturated carbocycles. The molecule has 1 aromatic rings. The number of phenols is 1. The number of fused-ring (bicyclic) bond motifs is 1. The number of benzene rings is 1. The van der Waals surface area contributed by atoms with Gasteiger partial charge in [-0.3, -0.25) is 0 Å². The van der Waals surface area contributed by atoms with Gasteiger partial charge in [0.2, 0.25) is 6.79 Å². The van der Waals surface area contributed by atoms with Crippen LogP contribution in [0, 0.1) is 5.41 Å². The van der Waals surface area contributed by atoms with Crippen LogP contribution in [0.2, 0.25) is 0 Å². The first-order chi connectivity index (χ1) is 9.72. The van der Waals surface area contributed by atoms with Crippen molar-refractivity contribution in [3.8, 4) is 17.2 Å². The molecule has 1 aromatic carbocycles. The largest absolute Gasteiger partial charge is 0.507 e. The Labute approximate surface area is 120 Å². The summed E-state index contributed by atoms with van der Waals surface area (Å²) in [5.41, 5.74) is 1.34. The summed E-state index contributed by atoms with van der Waals surface area (Å²) in [5, 5.41) is 13.5. The lowest BCUT2D eigenvalue weighted by Gasteiger charge is -2.27. The van der Waals surface area contributed by atoms with Crippen LogP contribution in [-0.4, -0.2) is 18.4 Å². The van der Waals surface area contributed by atoms with Gasteiger partial charge in [-0.05, 0) is 30.7 Å². The van der Waals surface area contributed by atoms with Crippen molar-refractivity contribution in [1.82, 2.24) is 5.32 Å². The van der Waals surface area contributed by atoms with E-state index in [-0.39, 0.29) is 12.5 Å². The van der Waals surface area contributed by atoms with Crippen LogP contribution in [0.15, 0.2) is 12.1 Å². The van der Waals surface area contributed by atoms with Gasteiger partial charge in [-0.25, -0.2) is 0 Å². The van der Waals surface area contributed by atoms with Crippen LogP contribution in [0.3, 0.4) is 0 Å². The normalized spacial score (nSPS) is 19.4. The highest BCUT2D eigenvalue weighted by atomic mass is 16.7. The summed E-state index contributed by atoms with van der Waals surface area (Å²) in [4.78, 5) is 0. The summed E-state index contributed by atoms with van der Waals surface area (Å²) in [5.74, 6) is 1.64. The van der Waals surface area contributed by atoms with E-state index in [4.69, 9.17) is 9.47 Å². The lowest BCUT2D eigenvalue weighted by atomic mass is 9.83. The fourth-order valence-corrected chi connectivity index (χ4v) is 3.36. The summed E-state index contributed by atoms with van der Waals surface area (Å²) in [6.45, 7) is 4.22. The van der Waals surface area contributed by atoms with E-state index in [0.29, 0.717) is 17.7 Å². The van der Waals surface area contributed by atoms with Gasteiger partial charge in [0.1, 0.15) is 5.75 Å². The minimum absolute atomic E-state index is 0.241. The zero-order valence-corrected chi connectivity index (χ0v) is 12.1. The summed E-state index contributed by atoms with van der Waals surface area (Å²) >= 11 is 0. The SMILES string of the molecule is CCC1(CNCc2cc3c(cc2O)OCO3)CCCC1. The Bertz CT molecular complexity index is 481. The fraction of sp³-hybridized carbons (Fsp3) is 0.625. The predicted octanol–water partition coefficient (Wildman–Crippen LogP) is 3.18. The Hall–Kier alpha value is -1.42. The molecule has 2 N–H and O–H groups in total. The zero-order chi connectivity index (χ0) is 14.0. The quantitative estimate of drug-likeness (QED) is 0.868. The number of aromatic hydroxyl groups is 1. The summed E-state index contributed by atoms with van der Waals surface area (Å²) < 4.78 is 10.6. The monoisotopic (exact) mass is 277 g/mol. The van der Waals surface area contributed by atoms with E-state index in [2.05, 4.69) is 12.2 Å². The van der Waals surface area contributed by atoms with E-state index in [0.717, 1.165) is 17.9 Å². The standard InChI is InChI=1S/C16H23NO3/c1-2-16(5-3-4-6-16)10-17-9-12-7-14-15(8-13(12)18)20-11-19-14/h7-8,17-18H,2-6,9-11H2,1H3. The predicted molar refractivity (Wildman–Crippen MR) is 77.1 cm³/mol. The van der Waals surface area contributed by atoms with Gasteiger partial charge in [0.05, 0.1) is 0 Å². The topological polar surface area (TPSA) is 50.7 Å². The van der Waals surface area contributed by atoms with E-state index in [9.17, 15) is 5.11 Å². The minimum atomic E-state index is 0.241. The maximum absolute atomic E-state index is 10.0. The van der Waals surface area contributed by atoms with E-state index < -0.39 is 0 Å². The molecular formula is C16H23NO3. The van der Waals surface area contributed by atoms with Gasteiger partial charge in [-0.1, -0.05) is 19.8 Å². The first kappa shape index (κ1) is 13.6. The molecule has 0 amide bonds. The van der Waals surface area contributed by atoms with Crippen molar-refractivity contribution in [1.29, 1.82) is 0 Å². The third kappa shape index (κ3) is 2.57. The highest BCUT2D eigenvalue weighted by Gasteiger charge is 2.31. The molecule has 1 aliphatic carbocycles. The highest BCUT2D eigenvalue weighted by molar-refractivity contribution is 5.51. The van der Waals surface area contributed by atoms with Crippen molar-refractivity contribution in [2.24, 2.45) is 5.41 Å². The molecule has 0 aromatic heterocycles. The van der Waals surface area contributed by atoms with Crippen LogP contribution in [0.4, 0.5) is 0 Å². The van der Waals surface area contributed by atoms with Crippen LogP contribution < -0.4 is 14.8 Å². The van der Waals surface area contributed by atoms with Crippen molar-refractivity contribution < 1.29 is 14.6 Å². The Morgan fingerprint density at radius 2 is 1.90 bits per heavy atom. The number of nitrogens with one attached hydrogen (secondary N) is 1. The molecule has 4 nitrogen and oxygen atoms in total. The lowest BCUT2D eigenvalue weighted by molar-refractivity contribution is 0.174. The van der Waals surface area contributed by atoms with Gasteiger partial charge in [0.25, 0.3) is 0 Å². The molecule has 2 aliphatic rings. The van der Waals surface area contributed by atoms with Crippen molar-refractivity contribution in [3.05, 3.63) is 17.7 Å². The van der Waals surface area contributed by atoms with Crippen molar-refractivity contribution >= 4 is 0 Å². The summed E-state index contributed by atoms with van der Waals surface area (Å²) in [6.07, 6.45) is 6.58. The highest BCUT2D eigenvalue weighted by Crippen LogP contribution is 2.41. The first-order valence-corrected chi connectivity index (χ1v) is 7.55. The van der Waals surface area contributed by atoms with Crippen molar-refractivity contribution in [2.45, 2.75) is 45.6 Å². The average Bonchev–Trinajstić information content (AvgIpc) is 3.08. The second kappa shape index (κ2) is 5.52. The molecule has 0 spiro atoms. The molecule has 20 heavy (non-hydrogen) atoms. The van der Waals surface area contributed by atoms with E-state index in [1.54, 1.807) is 6.07 Å². The maximum Gasteiger partial charge on any atom is 0.231 e. The van der Waals surface area contributed by atoms with Gasteiger partial charge in [-0.15, -0.1) is 0 Å². The van der Waals surface area contributed by atoms with E-state index in [1.807, 2.05) is 6.07 Å². The Balaban J connectivity index is 1.61. The van der Waals surface area contributed by atoms with Crippen LogP contribution in [0.25, 0.3) is 0 Å². The average molecular weight is 277 g/mol. The number of hydrogen-bond donors (Lipinski definition) is 2. The van der Waals surface area contributed by atoms with Crippen LogP contribution in [0.5, 0.6) is 17.2 Å². The molecule has 1 heterocycles. The molecule has 0 atom stereocenters. The van der Waals surface area contributed by atoms with Gasteiger partial charge < -0.3 is 19.9 Å². The van der Waals surface area contributed by atoms with Crippen molar-refractivity contribution in [3.63, 3.8) is 0 Å². The smallest absolute Gasteiger partial charge is 0.231 e. The minimum Gasteiger partial charge on any atom is -0.507 e. The summed E-state index contributed by atoms with van der Waals surface area (Å²) in [7, 11) is 0. The van der Waals surface area contributed by atoms with Crippen LogP contribution in [-0.2, 0) is 6.54 Å². The second-order valence-corrected chi connectivity index (χ2v) is 6.00. The molecule has 4 heteroatoms. The summed E-state index contributed by atoms with van der Waals surface area (Å²) in [6, 6.07) is 3.52.